The van der Waals surface area contributed by atoms with Gasteiger partial charge in [0.1, 0.15) is 6.61 Å². The van der Waals surface area contributed by atoms with Gasteiger partial charge in [-0.3, -0.25) is 0 Å². The van der Waals surface area contributed by atoms with Crippen molar-refractivity contribution in [1.29, 1.82) is 0 Å². The van der Waals surface area contributed by atoms with E-state index in [2.05, 4.69) is 6.58 Å². The van der Waals surface area contributed by atoms with Gasteiger partial charge in [0, 0.05) is 0 Å². The summed E-state index contributed by atoms with van der Waals surface area (Å²) >= 11 is 0. The standard InChI is InChI=1S/C8H15F3OSi/c1-4-5-6-13(2,3)12-7-8(9,10)11/h4H,1,5-7H2,2-3H3. The van der Waals surface area contributed by atoms with Crippen molar-refractivity contribution in [2.75, 3.05) is 6.61 Å². The average Bonchev–Trinajstić information content (AvgIpc) is 1.97. The Balaban J connectivity index is 3.81. The number of alkyl halides is 3. The molecule has 0 rings (SSSR count). The van der Waals surface area contributed by atoms with Gasteiger partial charge >= 0.3 is 6.18 Å². The highest BCUT2D eigenvalue weighted by Crippen LogP contribution is 2.20. The van der Waals surface area contributed by atoms with Gasteiger partial charge in [-0.2, -0.15) is 13.2 Å². The van der Waals surface area contributed by atoms with E-state index in [1.807, 2.05) is 0 Å². The van der Waals surface area contributed by atoms with Crippen LogP contribution in [-0.2, 0) is 4.43 Å². The van der Waals surface area contributed by atoms with Crippen molar-refractivity contribution in [3.63, 3.8) is 0 Å². The van der Waals surface area contributed by atoms with E-state index in [-0.39, 0.29) is 0 Å². The highest BCUT2D eigenvalue weighted by molar-refractivity contribution is 6.71. The first kappa shape index (κ1) is 12.7. The number of rotatable bonds is 5. The summed E-state index contributed by atoms with van der Waals surface area (Å²) in [6, 6.07) is 0.687. The quantitative estimate of drug-likeness (QED) is 0.501. The summed E-state index contributed by atoms with van der Waals surface area (Å²) in [5.74, 6) is 0. The maximum Gasteiger partial charge on any atom is 0.410 e. The van der Waals surface area contributed by atoms with Gasteiger partial charge in [0.2, 0.25) is 0 Å². The Morgan fingerprint density at radius 1 is 1.38 bits per heavy atom. The summed E-state index contributed by atoms with van der Waals surface area (Å²) in [7, 11) is -2.13. The Labute approximate surface area is 77.7 Å². The number of halogens is 3. The van der Waals surface area contributed by atoms with Crippen LogP contribution in [0.2, 0.25) is 19.1 Å². The second-order valence-electron chi connectivity index (χ2n) is 3.49. The van der Waals surface area contributed by atoms with E-state index in [0.29, 0.717) is 6.04 Å². The Morgan fingerprint density at radius 2 is 1.92 bits per heavy atom. The second kappa shape index (κ2) is 4.81. The minimum absolute atomic E-state index is 0.687. The van der Waals surface area contributed by atoms with Crippen molar-refractivity contribution in [3.05, 3.63) is 12.7 Å². The smallest absolute Gasteiger partial charge is 0.408 e. The first-order valence-electron chi connectivity index (χ1n) is 4.08. The predicted molar refractivity (Wildman–Crippen MR) is 49.1 cm³/mol. The first-order chi connectivity index (χ1) is 5.77. The number of hydrogen-bond donors (Lipinski definition) is 0. The molecule has 0 radical (unpaired) electrons. The average molecular weight is 212 g/mol. The summed E-state index contributed by atoms with van der Waals surface area (Å²) in [5, 5.41) is 0. The fraction of sp³-hybridized carbons (Fsp3) is 0.750. The minimum Gasteiger partial charge on any atom is -0.408 e. The van der Waals surface area contributed by atoms with Gasteiger partial charge in [-0.15, -0.1) is 6.58 Å². The molecule has 0 amide bonds. The van der Waals surface area contributed by atoms with Crippen LogP contribution in [0.5, 0.6) is 0 Å². The van der Waals surface area contributed by atoms with E-state index in [9.17, 15) is 13.2 Å². The third-order valence-corrected chi connectivity index (χ3v) is 4.00. The van der Waals surface area contributed by atoms with Crippen LogP contribution < -0.4 is 0 Å². The molecule has 13 heavy (non-hydrogen) atoms. The van der Waals surface area contributed by atoms with Crippen LogP contribution in [0.4, 0.5) is 13.2 Å². The van der Waals surface area contributed by atoms with E-state index < -0.39 is 21.1 Å². The van der Waals surface area contributed by atoms with Crippen LogP contribution in [0.25, 0.3) is 0 Å². The van der Waals surface area contributed by atoms with Gasteiger partial charge in [0.05, 0.1) is 0 Å². The van der Waals surface area contributed by atoms with Gasteiger partial charge < -0.3 is 4.43 Å². The Hall–Kier alpha value is -0.293. The second-order valence-corrected chi connectivity index (χ2v) is 7.80. The maximum absolute atomic E-state index is 11.8. The number of hydrogen-bond acceptors (Lipinski definition) is 1. The summed E-state index contributed by atoms with van der Waals surface area (Å²) in [6.07, 6.45) is -1.79. The van der Waals surface area contributed by atoms with E-state index in [1.165, 1.54) is 0 Å². The fourth-order valence-corrected chi connectivity index (χ4v) is 2.40. The van der Waals surface area contributed by atoms with Crippen LogP contribution in [-0.4, -0.2) is 21.1 Å². The maximum atomic E-state index is 11.8. The molecule has 0 bridgehead atoms. The highest BCUT2D eigenvalue weighted by atomic mass is 28.4. The Morgan fingerprint density at radius 3 is 2.31 bits per heavy atom. The van der Waals surface area contributed by atoms with Gasteiger partial charge in [-0.1, -0.05) is 6.08 Å². The molecule has 0 aromatic rings. The van der Waals surface area contributed by atoms with Crippen molar-refractivity contribution < 1.29 is 17.6 Å². The molecular formula is C8H15F3OSi. The summed E-state index contributed by atoms with van der Waals surface area (Å²) in [5.41, 5.74) is 0. The molecule has 5 heteroatoms. The zero-order valence-corrected chi connectivity index (χ0v) is 8.95. The van der Waals surface area contributed by atoms with Gasteiger partial charge in [0.15, 0.2) is 8.32 Å². The molecule has 0 spiro atoms. The van der Waals surface area contributed by atoms with Crippen molar-refractivity contribution in [2.24, 2.45) is 0 Å². The molecule has 0 saturated heterocycles. The predicted octanol–water partition coefficient (Wildman–Crippen LogP) is 3.35. The van der Waals surface area contributed by atoms with Crippen LogP contribution in [0.1, 0.15) is 6.42 Å². The fourth-order valence-electron chi connectivity index (χ4n) is 0.799. The molecule has 0 fully saturated rings. The van der Waals surface area contributed by atoms with E-state index in [1.54, 1.807) is 19.2 Å². The number of allylic oxidation sites excluding steroid dienone is 1. The summed E-state index contributed by atoms with van der Waals surface area (Å²) in [4.78, 5) is 0. The lowest BCUT2D eigenvalue weighted by Gasteiger charge is -2.22. The van der Waals surface area contributed by atoms with E-state index in [4.69, 9.17) is 4.43 Å². The zero-order chi connectivity index (χ0) is 10.5. The monoisotopic (exact) mass is 212 g/mol. The summed E-state index contributed by atoms with van der Waals surface area (Å²) in [6.45, 7) is 5.96. The first-order valence-corrected chi connectivity index (χ1v) is 7.20. The molecule has 0 aromatic carbocycles. The van der Waals surface area contributed by atoms with Crippen molar-refractivity contribution in [3.8, 4) is 0 Å². The van der Waals surface area contributed by atoms with Gasteiger partial charge in [0.25, 0.3) is 0 Å². The third kappa shape index (κ3) is 8.05. The third-order valence-electron chi connectivity index (χ3n) is 1.58. The van der Waals surface area contributed by atoms with E-state index in [0.717, 1.165) is 6.42 Å². The minimum atomic E-state index is -4.21. The topological polar surface area (TPSA) is 9.23 Å². The Bertz CT molecular complexity index is 165. The van der Waals surface area contributed by atoms with Crippen LogP contribution in [0.3, 0.4) is 0 Å². The molecular weight excluding hydrogens is 197 g/mol. The van der Waals surface area contributed by atoms with Crippen LogP contribution >= 0.6 is 0 Å². The molecule has 0 aliphatic carbocycles. The van der Waals surface area contributed by atoms with Crippen molar-refractivity contribution >= 4 is 8.32 Å². The molecule has 0 aromatic heterocycles. The lowest BCUT2D eigenvalue weighted by atomic mass is 10.5. The lowest BCUT2D eigenvalue weighted by molar-refractivity contribution is -0.155. The zero-order valence-electron chi connectivity index (χ0n) is 7.95. The molecule has 0 unspecified atom stereocenters. The lowest BCUT2D eigenvalue weighted by Crippen LogP contribution is -2.34. The molecule has 0 aliphatic rings. The molecule has 0 saturated carbocycles. The van der Waals surface area contributed by atoms with Crippen molar-refractivity contribution in [2.45, 2.75) is 31.7 Å². The molecule has 0 heterocycles. The van der Waals surface area contributed by atoms with Gasteiger partial charge in [-0.05, 0) is 25.6 Å². The summed E-state index contributed by atoms with van der Waals surface area (Å²) < 4.78 is 40.2. The molecule has 78 valence electrons. The van der Waals surface area contributed by atoms with Gasteiger partial charge in [-0.25, -0.2) is 0 Å². The molecule has 0 atom stereocenters. The largest absolute Gasteiger partial charge is 0.410 e. The Kier molecular flexibility index (Phi) is 4.70. The normalized spacial score (nSPS) is 13.0. The van der Waals surface area contributed by atoms with Crippen molar-refractivity contribution in [1.82, 2.24) is 0 Å². The molecule has 0 aliphatic heterocycles. The SMILES string of the molecule is C=CCC[Si](C)(C)OCC(F)(F)F. The highest BCUT2D eigenvalue weighted by Gasteiger charge is 2.32. The van der Waals surface area contributed by atoms with Crippen LogP contribution in [0, 0.1) is 0 Å². The van der Waals surface area contributed by atoms with Crippen LogP contribution in [0.15, 0.2) is 12.7 Å². The van der Waals surface area contributed by atoms with E-state index >= 15 is 0 Å². The molecule has 1 nitrogen and oxygen atoms in total. The molecule has 0 N–H and O–H groups in total.